The van der Waals surface area contributed by atoms with Crippen molar-refractivity contribution in [2.45, 2.75) is 26.4 Å². The smallest absolute Gasteiger partial charge is 0.410 e. The molecule has 0 bridgehead atoms. The molecule has 0 aliphatic carbocycles. The molecule has 1 aromatic carbocycles. The minimum Gasteiger partial charge on any atom is -0.444 e. The molecule has 1 fully saturated rings. The fourth-order valence-corrected chi connectivity index (χ4v) is 2.34. The van der Waals surface area contributed by atoms with Crippen LogP contribution in [0.3, 0.4) is 0 Å². The van der Waals surface area contributed by atoms with Gasteiger partial charge >= 0.3 is 6.09 Å². The van der Waals surface area contributed by atoms with Crippen LogP contribution in [0.15, 0.2) is 18.2 Å². The van der Waals surface area contributed by atoms with E-state index < -0.39 is 5.60 Å². The first-order valence-corrected chi connectivity index (χ1v) is 7.32. The maximum absolute atomic E-state index is 12.0. The zero-order valence-electron chi connectivity index (χ0n) is 13.3. The average Bonchev–Trinajstić information content (AvgIpc) is 2.46. The van der Waals surface area contributed by atoms with Gasteiger partial charge in [-0.15, -0.1) is 0 Å². The van der Waals surface area contributed by atoms with Gasteiger partial charge in [-0.2, -0.15) is 5.26 Å². The maximum Gasteiger partial charge on any atom is 0.410 e. The molecule has 1 aliphatic heterocycles. The van der Waals surface area contributed by atoms with Crippen LogP contribution in [0.4, 0.5) is 16.2 Å². The van der Waals surface area contributed by atoms with Gasteiger partial charge in [0.05, 0.1) is 23.0 Å². The number of piperazine rings is 1. The van der Waals surface area contributed by atoms with E-state index in [-0.39, 0.29) is 6.09 Å². The van der Waals surface area contributed by atoms with E-state index in [1.165, 1.54) is 0 Å². The van der Waals surface area contributed by atoms with E-state index in [2.05, 4.69) is 11.0 Å². The Hall–Kier alpha value is -2.42. The molecule has 6 heteroatoms. The number of nitrogens with zero attached hydrogens (tertiary/aromatic N) is 3. The number of ether oxygens (including phenoxy) is 1. The van der Waals surface area contributed by atoms with Crippen LogP contribution < -0.4 is 10.6 Å². The van der Waals surface area contributed by atoms with E-state index in [4.69, 9.17) is 15.7 Å². The summed E-state index contributed by atoms with van der Waals surface area (Å²) in [5.74, 6) is 0. The Morgan fingerprint density at radius 3 is 2.45 bits per heavy atom. The van der Waals surface area contributed by atoms with Crippen molar-refractivity contribution in [1.29, 1.82) is 5.26 Å². The van der Waals surface area contributed by atoms with Crippen molar-refractivity contribution in [2.24, 2.45) is 0 Å². The van der Waals surface area contributed by atoms with Gasteiger partial charge in [0.25, 0.3) is 0 Å². The van der Waals surface area contributed by atoms with Gasteiger partial charge in [0, 0.05) is 26.2 Å². The Bertz CT molecular complexity index is 593. The lowest BCUT2D eigenvalue weighted by atomic mass is 10.1. The number of carbonyl (C=O) groups is 1. The third-order valence-electron chi connectivity index (χ3n) is 3.43. The van der Waals surface area contributed by atoms with Gasteiger partial charge in [0.1, 0.15) is 5.60 Å². The van der Waals surface area contributed by atoms with Crippen molar-refractivity contribution in [3.05, 3.63) is 23.8 Å². The number of nitrogen functional groups attached to an aromatic ring is 1. The van der Waals surface area contributed by atoms with E-state index in [9.17, 15) is 4.79 Å². The highest BCUT2D eigenvalue weighted by molar-refractivity contribution is 5.71. The first-order valence-electron chi connectivity index (χ1n) is 7.32. The summed E-state index contributed by atoms with van der Waals surface area (Å²) in [6, 6.07) is 7.36. The Balaban J connectivity index is 2.01. The number of rotatable bonds is 1. The molecule has 118 valence electrons. The Kier molecular flexibility index (Phi) is 4.45. The number of hydrogen-bond acceptors (Lipinski definition) is 5. The van der Waals surface area contributed by atoms with Crippen LogP contribution in [0.1, 0.15) is 26.3 Å². The quantitative estimate of drug-likeness (QED) is 0.804. The van der Waals surface area contributed by atoms with E-state index in [1.54, 1.807) is 23.1 Å². The highest BCUT2D eigenvalue weighted by Gasteiger charge is 2.26. The fraction of sp³-hybridized carbons (Fsp3) is 0.500. The summed E-state index contributed by atoms with van der Waals surface area (Å²) in [7, 11) is 0. The molecule has 22 heavy (non-hydrogen) atoms. The molecule has 1 heterocycles. The minimum atomic E-state index is -0.486. The topological polar surface area (TPSA) is 82.6 Å². The third kappa shape index (κ3) is 3.82. The van der Waals surface area contributed by atoms with Gasteiger partial charge in [-0.25, -0.2) is 4.79 Å². The molecule has 1 aliphatic rings. The van der Waals surface area contributed by atoms with Crippen molar-refractivity contribution in [1.82, 2.24) is 4.90 Å². The number of benzene rings is 1. The van der Waals surface area contributed by atoms with Crippen LogP contribution in [-0.4, -0.2) is 42.8 Å². The van der Waals surface area contributed by atoms with Gasteiger partial charge in [-0.1, -0.05) is 0 Å². The van der Waals surface area contributed by atoms with Crippen molar-refractivity contribution < 1.29 is 9.53 Å². The van der Waals surface area contributed by atoms with E-state index in [1.807, 2.05) is 20.8 Å². The molecule has 0 saturated carbocycles. The van der Waals surface area contributed by atoms with Gasteiger partial charge in [-0.05, 0) is 39.0 Å². The van der Waals surface area contributed by atoms with Gasteiger partial charge in [0.15, 0.2) is 0 Å². The molecule has 0 unspecified atom stereocenters. The summed E-state index contributed by atoms with van der Waals surface area (Å²) < 4.78 is 5.38. The standard InChI is InChI=1S/C16H22N4O2/c1-16(2,3)22-15(21)20-8-6-19(7-9-20)14-10-12(11-17)4-5-13(14)18/h4-5,10H,6-9,18H2,1-3H3. The second-order valence-corrected chi connectivity index (χ2v) is 6.34. The number of nitriles is 1. The van der Waals surface area contributed by atoms with Crippen LogP contribution in [0.25, 0.3) is 0 Å². The molecule has 0 radical (unpaired) electrons. The fourth-order valence-electron chi connectivity index (χ4n) is 2.34. The normalized spacial score (nSPS) is 15.4. The highest BCUT2D eigenvalue weighted by atomic mass is 16.6. The Morgan fingerprint density at radius 1 is 1.27 bits per heavy atom. The zero-order valence-corrected chi connectivity index (χ0v) is 13.3. The summed E-state index contributed by atoms with van der Waals surface area (Å²) in [5.41, 5.74) is 7.59. The first-order chi connectivity index (χ1) is 10.3. The minimum absolute atomic E-state index is 0.286. The molecule has 1 saturated heterocycles. The number of carbonyl (C=O) groups excluding carboxylic acids is 1. The molecular formula is C16H22N4O2. The van der Waals surface area contributed by atoms with Crippen molar-refractivity contribution in [2.75, 3.05) is 36.8 Å². The first kappa shape index (κ1) is 16.0. The number of nitrogens with two attached hydrogens (primary N) is 1. The Labute approximate surface area is 131 Å². The van der Waals surface area contributed by atoms with Gasteiger partial charge in [-0.3, -0.25) is 0 Å². The largest absolute Gasteiger partial charge is 0.444 e. The van der Waals surface area contributed by atoms with E-state index >= 15 is 0 Å². The average molecular weight is 302 g/mol. The van der Waals surface area contributed by atoms with E-state index in [0.717, 1.165) is 5.69 Å². The molecule has 0 spiro atoms. The van der Waals surface area contributed by atoms with Crippen molar-refractivity contribution in [3.63, 3.8) is 0 Å². The van der Waals surface area contributed by atoms with Crippen LogP contribution in [0, 0.1) is 11.3 Å². The second kappa shape index (κ2) is 6.14. The summed E-state index contributed by atoms with van der Waals surface area (Å²) in [4.78, 5) is 15.8. The second-order valence-electron chi connectivity index (χ2n) is 6.34. The number of hydrogen-bond donors (Lipinski definition) is 1. The van der Waals surface area contributed by atoms with Gasteiger partial charge < -0.3 is 20.3 Å². The van der Waals surface area contributed by atoms with Crippen LogP contribution in [0.2, 0.25) is 0 Å². The lowest BCUT2D eigenvalue weighted by Gasteiger charge is -2.37. The number of amides is 1. The highest BCUT2D eigenvalue weighted by Crippen LogP contribution is 2.25. The predicted molar refractivity (Wildman–Crippen MR) is 85.6 cm³/mol. The van der Waals surface area contributed by atoms with Crippen molar-refractivity contribution in [3.8, 4) is 6.07 Å². The zero-order chi connectivity index (χ0) is 16.3. The van der Waals surface area contributed by atoms with Crippen molar-refractivity contribution >= 4 is 17.5 Å². The monoisotopic (exact) mass is 302 g/mol. The molecule has 1 amide bonds. The predicted octanol–water partition coefficient (Wildman–Crippen LogP) is 2.20. The molecular weight excluding hydrogens is 280 g/mol. The lowest BCUT2D eigenvalue weighted by molar-refractivity contribution is 0.0240. The summed E-state index contributed by atoms with van der Waals surface area (Å²) in [6.45, 7) is 8.05. The summed E-state index contributed by atoms with van der Waals surface area (Å²) in [6.07, 6.45) is -0.286. The SMILES string of the molecule is CC(C)(C)OC(=O)N1CCN(c2cc(C#N)ccc2N)CC1. The lowest BCUT2D eigenvalue weighted by Crippen LogP contribution is -2.50. The van der Waals surface area contributed by atoms with E-state index in [0.29, 0.717) is 37.4 Å². The van der Waals surface area contributed by atoms with Gasteiger partial charge in [0.2, 0.25) is 0 Å². The number of anilines is 2. The molecule has 1 aromatic rings. The summed E-state index contributed by atoms with van der Waals surface area (Å²) >= 11 is 0. The molecule has 0 atom stereocenters. The Morgan fingerprint density at radius 2 is 1.91 bits per heavy atom. The molecule has 6 nitrogen and oxygen atoms in total. The summed E-state index contributed by atoms with van der Waals surface area (Å²) in [5, 5.41) is 9.00. The van der Waals surface area contributed by atoms with Crippen LogP contribution in [0.5, 0.6) is 0 Å². The molecule has 0 aromatic heterocycles. The van der Waals surface area contributed by atoms with Crippen LogP contribution in [-0.2, 0) is 4.74 Å². The maximum atomic E-state index is 12.0. The molecule has 2 N–H and O–H groups in total. The van der Waals surface area contributed by atoms with Crippen LogP contribution >= 0.6 is 0 Å². The third-order valence-corrected chi connectivity index (χ3v) is 3.43. The molecule has 2 rings (SSSR count).